The molecular weight excluding hydrogens is 484 g/mol. The van der Waals surface area contributed by atoms with Gasteiger partial charge in [-0.2, -0.15) is 0 Å². The van der Waals surface area contributed by atoms with E-state index in [-0.39, 0.29) is 24.6 Å². The van der Waals surface area contributed by atoms with Crippen molar-refractivity contribution in [2.24, 2.45) is 7.05 Å². The second-order valence-electron chi connectivity index (χ2n) is 10.7. The van der Waals surface area contributed by atoms with Crippen LogP contribution in [0.4, 0.5) is 14.5 Å². The number of carbonyl (C=O) groups is 2. The largest absolute Gasteiger partial charge is 0.369 e. The molecule has 0 radical (unpaired) electrons. The van der Waals surface area contributed by atoms with Crippen LogP contribution in [0, 0.1) is 0 Å². The van der Waals surface area contributed by atoms with E-state index < -0.39 is 23.9 Å². The number of fused-ring (bicyclic) bond motifs is 1. The number of carbonyl (C=O) groups excluding carboxylic acids is 2. The van der Waals surface area contributed by atoms with Gasteiger partial charge in [-0.05, 0) is 37.6 Å². The van der Waals surface area contributed by atoms with E-state index in [0.29, 0.717) is 44.0 Å². The van der Waals surface area contributed by atoms with Gasteiger partial charge in [0, 0.05) is 64.5 Å². The van der Waals surface area contributed by atoms with E-state index >= 15 is 0 Å². The maximum Gasteiger partial charge on any atom is 0.329 e. The summed E-state index contributed by atoms with van der Waals surface area (Å²) in [7, 11) is 1.70. The summed E-state index contributed by atoms with van der Waals surface area (Å²) in [5.74, 6) is -3.42. The standard InChI is InChI=1S/C25H33F2N7O3/c1-30-20-12-16(2-3-18(20)34(24(30)37)19-4-5-22(35)29-23(19)36)31-8-10-32(11-9-31)17-13-33(14-17)21-6-7-28-15-25(21,26)27/h2-3,12,17,19,21,28H,4-11,13-15H2,1H3,(H,29,35,36). The Labute approximate surface area is 213 Å². The van der Waals surface area contributed by atoms with Gasteiger partial charge in [0.15, 0.2) is 0 Å². The molecule has 10 nitrogen and oxygen atoms in total. The number of aromatic nitrogens is 2. The van der Waals surface area contributed by atoms with Crippen LogP contribution in [0.15, 0.2) is 23.0 Å². The Balaban J connectivity index is 1.11. The Morgan fingerprint density at radius 3 is 2.43 bits per heavy atom. The Hall–Kier alpha value is -2.83. The van der Waals surface area contributed by atoms with Crippen molar-refractivity contribution < 1.29 is 18.4 Å². The average Bonchev–Trinajstić information content (AvgIpc) is 3.09. The van der Waals surface area contributed by atoms with Gasteiger partial charge in [-0.25, -0.2) is 13.6 Å². The van der Waals surface area contributed by atoms with E-state index in [1.807, 2.05) is 23.1 Å². The fourth-order valence-corrected chi connectivity index (χ4v) is 6.37. The van der Waals surface area contributed by atoms with Gasteiger partial charge < -0.3 is 10.2 Å². The number of hydrogen-bond donors (Lipinski definition) is 2. The van der Waals surface area contributed by atoms with Crippen LogP contribution in [0.2, 0.25) is 0 Å². The summed E-state index contributed by atoms with van der Waals surface area (Å²) in [6.07, 6.45) is 1.01. The Kier molecular flexibility index (Phi) is 6.08. The van der Waals surface area contributed by atoms with Crippen LogP contribution in [0.1, 0.15) is 25.3 Å². The molecule has 4 saturated heterocycles. The van der Waals surface area contributed by atoms with Gasteiger partial charge in [-0.1, -0.05) is 0 Å². The van der Waals surface area contributed by atoms with Crippen molar-refractivity contribution in [2.75, 3.05) is 57.3 Å². The average molecular weight is 518 g/mol. The fraction of sp³-hybridized carbons (Fsp3) is 0.640. The molecule has 4 aliphatic heterocycles. The number of likely N-dealkylation sites (tertiary alicyclic amines) is 1. The molecule has 0 saturated carbocycles. The van der Waals surface area contributed by atoms with E-state index in [1.165, 1.54) is 4.57 Å². The summed E-state index contributed by atoms with van der Waals surface area (Å²) in [5, 5.41) is 5.14. The molecule has 0 spiro atoms. The Morgan fingerprint density at radius 1 is 0.973 bits per heavy atom. The van der Waals surface area contributed by atoms with Gasteiger partial charge >= 0.3 is 5.69 Å². The zero-order chi connectivity index (χ0) is 25.9. The van der Waals surface area contributed by atoms with Gasteiger partial charge in [-0.15, -0.1) is 0 Å². The van der Waals surface area contributed by atoms with E-state index in [0.717, 1.165) is 37.4 Å². The van der Waals surface area contributed by atoms with E-state index in [2.05, 4.69) is 20.4 Å². The first kappa shape index (κ1) is 24.5. The van der Waals surface area contributed by atoms with Crippen molar-refractivity contribution in [2.45, 2.75) is 43.3 Å². The molecule has 1 aromatic heterocycles. The molecular formula is C25H33F2N7O3. The first-order valence-electron chi connectivity index (χ1n) is 13.1. The first-order valence-corrected chi connectivity index (χ1v) is 13.1. The molecule has 4 fully saturated rings. The van der Waals surface area contributed by atoms with Crippen LogP contribution < -0.4 is 21.2 Å². The zero-order valence-corrected chi connectivity index (χ0v) is 21.0. The first-order chi connectivity index (χ1) is 17.7. The zero-order valence-electron chi connectivity index (χ0n) is 21.0. The van der Waals surface area contributed by atoms with Crippen LogP contribution in [0.25, 0.3) is 11.0 Å². The predicted octanol–water partition coefficient (Wildman–Crippen LogP) is 0.121. The number of rotatable bonds is 4. The van der Waals surface area contributed by atoms with E-state index in [9.17, 15) is 23.2 Å². The quantitative estimate of drug-likeness (QED) is 0.557. The minimum atomic E-state index is -2.67. The number of anilines is 1. The number of nitrogens with one attached hydrogen (secondary N) is 2. The number of hydrogen-bond acceptors (Lipinski definition) is 7. The van der Waals surface area contributed by atoms with Crippen LogP contribution in [-0.2, 0) is 16.6 Å². The summed E-state index contributed by atoms with van der Waals surface area (Å²) in [6, 6.07) is 4.81. The van der Waals surface area contributed by atoms with Crippen molar-refractivity contribution in [3.63, 3.8) is 0 Å². The minimum Gasteiger partial charge on any atom is -0.369 e. The molecule has 200 valence electrons. The van der Waals surface area contributed by atoms with E-state index in [1.54, 1.807) is 11.6 Å². The minimum absolute atomic E-state index is 0.209. The molecule has 2 atom stereocenters. The number of imidazole rings is 1. The summed E-state index contributed by atoms with van der Waals surface area (Å²) in [6.45, 7) is 5.15. The summed E-state index contributed by atoms with van der Waals surface area (Å²) in [4.78, 5) is 43.6. The van der Waals surface area contributed by atoms with Crippen molar-refractivity contribution in [1.29, 1.82) is 0 Å². The molecule has 4 aliphatic rings. The Bertz CT molecular complexity index is 1280. The maximum atomic E-state index is 14.3. The molecule has 2 aromatic rings. The van der Waals surface area contributed by atoms with Gasteiger partial charge in [-0.3, -0.25) is 33.8 Å². The van der Waals surface area contributed by atoms with Gasteiger partial charge in [0.2, 0.25) is 11.8 Å². The predicted molar refractivity (Wildman–Crippen MR) is 134 cm³/mol. The monoisotopic (exact) mass is 517 g/mol. The third kappa shape index (κ3) is 4.24. The van der Waals surface area contributed by atoms with Crippen LogP contribution in [0.5, 0.6) is 0 Å². The molecule has 2 unspecified atom stereocenters. The summed E-state index contributed by atoms with van der Waals surface area (Å²) in [5.41, 5.74) is 2.15. The highest BCUT2D eigenvalue weighted by Crippen LogP contribution is 2.33. The van der Waals surface area contributed by atoms with Gasteiger partial charge in [0.05, 0.1) is 23.6 Å². The van der Waals surface area contributed by atoms with Crippen LogP contribution >= 0.6 is 0 Å². The van der Waals surface area contributed by atoms with Crippen molar-refractivity contribution in [1.82, 2.24) is 29.6 Å². The Morgan fingerprint density at radius 2 is 1.73 bits per heavy atom. The highest BCUT2D eigenvalue weighted by molar-refractivity contribution is 6.00. The van der Waals surface area contributed by atoms with Crippen LogP contribution in [-0.4, -0.2) is 101 Å². The number of aryl methyl sites for hydroxylation is 1. The molecule has 2 amide bonds. The molecule has 2 N–H and O–H groups in total. The number of piperazine rings is 1. The molecule has 37 heavy (non-hydrogen) atoms. The smallest absolute Gasteiger partial charge is 0.329 e. The number of imide groups is 1. The molecule has 6 rings (SSSR count). The second-order valence-corrected chi connectivity index (χ2v) is 10.7. The third-order valence-corrected chi connectivity index (χ3v) is 8.56. The van der Waals surface area contributed by atoms with Crippen molar-refractivity contribution in [3.05, 3.63) is 28.7 Å². The molecule has 5 heterocycles. The lowest BCUT2D eigenvalue weighted by Crippen LogP contribution is -2.69. The number of benzene rings is 1. The lowest BCUT2D eigenvalue weighted by molar-refractivity contribution is -0.135. The highest BCUT2D eigenvalue weighted by Gasteiger charge is 2.49. The SMILES string of the molecule is Cn1c(=O)n(C2CCC(=O)NC2=O)c2ccc(N3CCN(C4CN(C5CCNCC5(F)F)C4)CC3)cc21. The molecule has 12 heteroatoms. The van der Waals surface area contributed by atoms with Crippen molar-refractivity contribution >= 4 is 28.5 Å². The molecule has 0 bridgehead atoms. The normalized spacial score (nSPS) is 27.9. The number of nitrogens with zero attached hydrogens (tertiary/aromatic N) is 5. The van der Waals surface area contributed by atoms with E-state index in [4.69, 9.17) is 0 Å². The maximum absolute atomic E-state index is 14.3. The second kappa shape index (κ2) is 9.17. The number of alkyl halides is 2. The molecule has 0 aliphatic carbocycles. The topological polar surface area (TPSA) is 94.8 Å². The molecule has 1 aromatic carbocycles. The highest BCUT2D eigenvalue weighted by atomic mass is 19.3. The van der Waals surface area contributed by atoms with Crippen molar-refractivity contribution in [3.8, 4) is 0 Å². The summed E-state index contributed by atoms with van der Waals surface area (Å²) >= 11 is 0. The number of halogens is 2. The summed E-state index contributed by atoms with van der Waals surface area (Å²) < 4.78 is 31.6. The fourth-order valence-electron chi connectivity index (χ4n) is 6.37. The van der Waals surface area contributed by atoms with Gasteiger partial charge in [0.25, 0.3) is 5.92 Å². The lowest BCUT2D eigenvalue weighted by Gasteiger charge is -2.53. The number of piperidine rings is 2. The third-order valence-electron chi connectivity index (χ3n) is 8.56. The number of amides is 2. The van der Waals surface area contributed by atoms with Gasteiger partial charge in [0.1, 0.15) is 6.04 Å². The lowest BCUT2D eigenvalue weighted by atomic mass is 9.94. The van der Waals surface area contributed by atoms with Crippen LogP contribution in [0.3, 0.4) is 0 Å².